The van der Waals surface area contributed by atoms with Crippen molar-refractivity contribution in [3.8, 4) is 0 Å². The molecule has 0 unspecified atom stereocenters. The molecule has 0 aliphatic rings. The molecule has 0 bridgehead atoms. The zero-order valence-corrected chi connectivity index (χ0v) is 7.51. The van der Waals surface area contributed by atoms with Gasteiger partial charge in [0, 0.05) is 12.5 Å². The largest absolute Gasteiger partial charge is 0.305 e. The summed E-state index contributed by atoms with van der Waals surface area (Å²) in [6.45, 7) is 12.3. The van der Waals surface area contributed by atoms with Crippen LogP contribution in [-0.4, -0.2) is 25.5 Å². The first kappa shape index (κ1) is 10.2. The van der Waals surface area contributed by atoms with Crippen LogP contribution in [0.15, 0.2) is 37.5 Å². The van der Waals surface area contributed by atoms with Gasteiger partial charge in [0.15, 0.2) is 0 Å². The van der Waals surface area contributed by atoms with Gasteiger partial charge < -0.3 is 4.90 Å². The standard InChI is InChI=1S/C10H17N/c1-6-10(7-2)9(3)8-11(4)5/h6-7,10H,1-3,8H2,4-5H3. The second-order valence-electron chi connectivity index (χ2n) is 2.89. The molecule has 0 atom stereocenters. The smallest absolute Gasteiger partial charge is 0.0193 e. The van der Waals surface area contributed by atoms with Crippen LogP contribution in [0.25, 0.3) is 0 Å². The summed E-state index contributed by atoms with van der Waals surface area (Å²) >= 11 is 0. The fourth-order valence-electron chi connectivity index (χ4n) is 0.941. The Morgan fingerprint density at radius 2 is 1.82 bits per heavy atom. The van der Waals surface area contributed by atoms with Gasteiger partial charge in [-0.15, -0.1) is 13.2 Å². The molecular formula is C10H17N. The van der Waals surface area contributed by atoms with Crippen molar-refractivity contribution in [3.05, 3.63) is 37.5 Å². The normalized spacial score (nSPS) is 10.2. The molecule has 0 aliphatic heterocycles. The van der Waals surface area contributed by atoms with E-state index in [2.05, 4.69) is 24.6 Å². The van der Waals surface area contributed by atoms with Crippen molar-refractivity contribution in [3.63, 3.8) is 0 Å². The predicted octanol–water partition coefficient (Wildman–Crippen LogP) is 2.09. The Labute approximate surface area is 69.7 Å². The molecule has 62 valence electrons. The molecule has 0 aromatic carbocycles. The molecule has 0 spiro atoms. The second-order valence-corrected chi connectivity index (χ2v) is 2.89. The lowest BCUT2D eigenvalue weighted by atomic mass is 10.0. The number of hydrogen-bond donors (Lipinski definition) is 0. The molecule has 0 saturated heterocycles. The highest BCUT2D eigenvalue weighted by atomic mass is 15.0. The first-order valence-corrected chi connectivity index (χ1v) is 3.69. The quantitative estimate of drug-likeness (QED) is 0.544. The number of likely N-dealkylation sites (N-methyl/N-ethyl adjacent to an activating group) is 1. The third kappa shape index (κ3) is 3.79. The van der Waals surface area contributed by atoms with Crippen LogP contribution in [0.1, 0.15) is 0 Å². The van der Waals surface area contributed by atoms with Crippen LogP contribution in [0.2, 0.25) is 0 Å². The van der Waals surface area contributed by atoms with Crippen molar-refractivity contribution < 1.29 is 0 Å². The SMILES string of the molecule is C=CC(C=C)C(=C)CN(C)C. The highest BCUT2D eigenvalue weighted by Gasteiger charge is 2.03. The maximum Gasteiger partial charge on any atom is 0.0193 e. The van der Waals surface area contributed by atoms with Gasteiger partial charge in [-0.3, -0.25) is 0 Å². The van der Waals surface area contributed by atoms with Crippen LogP contribution in [0.4, 0.5) is 0 Å². The molecule has 0 saturated carbocycles. The summed E-state index contributed by atoms with van der Waals surface area (Å²) < 4.78 is 0. The van der Waals surface area contributed by atoms with E-state index in [1.807, 2.05) is 26.2 Å². The lowest BCUT2D eigenvalue weighted by Crippen LogP contribution is -2.17. The van der Waals surface area contributed by atoms with Crippen molar-refractivity contribution >= 4 is 0 Å². The Kier molecular flexibility index (Phi) is 4.55. The van der Waals surface area contributed by atoms with Crippen LogP contribution in [0.3, 0.4) is 0 Å². The van der Waals surface area contributed by atoms with Gasteiger partial charge in [-0.2, -0.15) is 0 Å². The van der Waals surface area contributed by atoms with Crippen LogP contribution in [-0.2, 0) is 0 Å². The van der Waals surface area contributed by atoms with Crippen LogP contribution >= 0.6 is 0 Å². The fourth-order valence-corrected chi connectivity index (χ4v) is 0.941. The average Bonchev–Trinajstić information content (AvgIpc) is 1.88. The third-order valence-corrected chi connectivity index (χ3v) is 1.50. The van der Waals surface area contributed by atoms with Gasteiger partial charge in [0.1, 0.15) is 0 Å². The lowest BCUT2D eigenvalue weighted by molar-refractivity contribution is 0.437. The van der Waals surface area contributed by atoms with E-state index in [1.165, 1.54) is 0 Å². The van der Waals surface area contributed by atoms with Gasteiger partial charge in [0.25, 0.3) is 0 Å². The maximum absolute atomic E-state index is 3.95. The molecule has 0 heterocycles. The maximum atomic E-state index is 3.95. The van der Waals surface area contributed by atoms with Crippen molar-refractivity contribution in [2.45, 2.75) is 0 Å². The van der Waals surface area contributed by atoms with E-state index in [0.29, 0.717) is 0 Å². The first-order chi connectivity index (χ1) is 5.11. The Morgan fingerprint density at radius 3 is 2.09 bits per heavy atom. The van der Waals surface area contributed by atoms with Gasteiger partial charge in [-0.1, -0.05) is 24.3 Å². The molecule has 0 N–H and O–H groups in total. The molecule has 0 aromatic heterocycles. The summed E-state index contributed by atoms with van der Waals surface area (Å²) in [6, 6.07) is 0. The summed E-state index contributed by atoms with van der Waals surface area (Å²) in [6.07, 6.45) is 3.72. The monoisotopic (exact) mass is 151 g/mol. The predicted molar refractivity (Wildman–Crippen MR) is 51.6 cm³/mol. The zero-order chi connectivity index (χ0) is 8.85. The molecule has 0 fully saturated rings. The number of allylic oxidation sites excluding steroid dienone is 2. The summed E-state index contributed by atoms with van der Waals surface area (Å²) in [4.78, 5) is 2.09. The number of hydrogen-bond acceptors (Lipinski definition) is 1. The Morgan fingerprint density at radius 1 is 1.36 bits per heavy atom. The molecule has 1 heteroatoms. The van der Waals surface area contributed by atoms with E-state index in [0.717, 1.165) is 12.1 Å². The second kappa shape index (κ2) is 4.91. The Hall–Kier alpha value is -0.820. The summed E-state index contributed by atoms with van der Waals surface area (Å²) in [5.74, 6) is 0.248. The van der Waals surface area contributed by atoms with E-state index < -0.39 is 0 Å². The minimum absolute atomic E-state index is 0.248. The van der Waals surface area contributed by atoms with Gasteiger partial charge in [-0.05, 0) is 14.1 Å². The van der Waals surface area contributed by atoms with Gasteiger partial charge in [-0.25, -0.2) is 0 Å². The van der Waals surface area contributed by atoms with Gasteiger partial charge in [0.05, 0.1) is 0 Å². The minimum Gasteiger partial charge on any atom is -0.305 e. The van der Waals surface area contributed by atoms with E-state index >= 15 is 0 Å². The Balaban J connectivity index is 3.99. The summed E-state index contributed by atoms with van der Waals surface area (Å²) in [5.41, 5.74) is 1.14. The number of rotatable bonds is 5. The molecule has 1 nitrogen and oxygen atoms in total. The van der Waals surface area contributed by atoms with Crippen LogP contribution in [0, 0.1) is 5.92 Å². The minimum atomic E-state index is 0.248. The highest BCUT2D eigenvalue weighted by molar-refractivity contribution is 5.15. The first-order valence-electron chi connectivity index (χ1n) is 3.69. The van der Waals surface area contributed by atoms with E-state index in [1.54, 1.807) is 0 Å². The van der Waals surface area contributed by atoms with E-state index in [-0.39, 0.29) is 5.92 Å². The molecule has 0 aliphatic carbocycles. The van der Waals surface area contributed by atoms with Crippen molar-refractivity contribution in [2.24, 2.45) is 5.92 Å². The van der Waals surface area contributed by atoms with Crippen molar-refractivity contribution in [2.75, 3.05) is 20.6 Å². The van der Waals surface area contributed by atoms with Gasteiger partial charge >= 0.3 is 0 Å². The molecule has 11 heavy (non-hydrogen) atoms. The zero-order valence-electron chi connectivity index (χ0n) is 7.51. The van der Waals surface area contributed by atoms with E-state index in [9.17, 15) is 0 Å². The molecule has 0 aromatic rings. The summed E-state index contributed by atoms with van der Waals surface area (Å²) in [5, 5.41) is 0. The topological polar surface area (TPSA) is 3.24 Å². The molecule has 0 rings (SSSR count). The average molecular weight is 151 g/mol. The molecule has 0 radical (unpaired) electrons. The van der Waals surface area contributed by atoms with Crippen molar-refractivity contribution in [1.29, 1.82) is 0 Å². The Bertz CT molecular complexity index is 148. The van der Waals surface area contributed by atoms with E-state index in [4.69, 9.17) is 0 Å². The molecule has 0 amide bonds. The molecular weight excluding hydrogens is 134 g/mol. The highest BCUT2D eigenvalue weighted by Crippen LogP contribution is 2.11. The van der Waals surface area contributed by atoms with Crippen LogP contribution in [0.5, 0.6) is 0 Å². The third-order valence-electron chi connectivity index (χ3n) is 1.50. The van der Waals surface area contributed by atoms with Gasteiger partial charge in [0.2, 0.25) is 0 Å². The lowest BCUT2D eigenvalue weighted by Gasteiger charge is -2.15. The number of nitrogens with zero attached hydrogens (tertiary/aromatic N) is 1. The summed E-state index contributed by atoms with van der Waals surface area (Å²) in [7, 11) is 4.04. The van der Waals surface area contributed by atoms with Crippen LogP contribution < -0.4 is 0 Å². The van der Waals surface area contributed by atoms with Crippen molar-refractivity contribution in [1.82, 2.24) is 4.90 Å². The fraction of sp³-hybridized carbons (Fsp3) is 0.400.